The second-order valence-electron chi connectivity index (χ2n) is 11.1. The Kier molecular flexibility index (Phi) is 8.35. The Balaban J connectivity index is 1.36. The smallest absolute Gasteiger partial charge is 0.295 e. The molecule has 6 rings (SSSR count). The lowest BCUT2D eigenvalue weighted by molar-refractivity contribution is -0.140. The number of hydrogen-bond acceptors (Lipinski definition) is 8. The van der Waals surface area contributed by atoms with Crippen LogP contribution in [0.1, 0.15) is 35.2 Å². The van der Waals surface area contributed by atoms with Crippen LogP contribution in [0.25, 0.3) is 5.76 Å². The van der Waals surface area contributed by atoms with Crippen molar-refractivity contribution in [1.29, 1.82) is 0 Å². The van der Waals surface area contributed by atoms with E-state index in [0.29, 0.717) is 62.0 Å². The lowest BCUT2D eigenvalue weighted by Crippen LogP contribution is -2.42. The minimum absolute atomic E-state index is 0.0354. The van der Waals surface area contributed by atoms with Crippen LogP contribution in [0.3, 0.4) is 0 Å². The summed E-state index contributed by atoms with van der Waals surface area (Å²) < 4.78 is 23.0. The predicted octanol–water partition coefficient (Wildman–Crippen LogP) is 4.35. The van der Waals surface area contributed by atoms with Crippen molar-refractivity contribution in [2.45, 2.75) is 32.1 Å². The van der Waals surface area contributed by atoms with E-state index < -0.39 is 17.7 Å². The van der Waals surface area contributed by atoms with Gasteiger partial charge >= 0.3 is 0 Å². The molecule has 2 saturated heterocycles. The first-order valence-corrected chi connectivity index (χ1v) is 14.7. The lowest BCUT2D eigenvalue weighted by atomic mass is 9.94. The lowest BCUT2D eigenvalue weighted by Gasteiger charge is -2.31. The molecular weight excluding hydrogens is 548 g/mol. The van der Waals surface area contributed by atoms with Gasteiger partial charge in [0.1, 0.15) is 24.2 Å². The molecular formula is C34H36N2O7. The van der Waals surface area contributed by atoms with Crippen molar-refractivity contribution in [2.24, 2.45) is 0 Å². The molecule has 0 aliphatic carbocycles. The van der Waals surface area contributed by atoms with E-state index in [1.165, 1.54) is 0 Å². The van der Waals surface area contributed by atoms with E-state index >= 15 is 0 Å². The Labute approximate surface area is 251 Å². The van der Waals surface area contributed by atoms with E-state index in [2.05, 4.69) is 4.90 Å². The molecule has 0 spiro atoms. The SMILES string of the molecule is COc1cc([C@H]2C(=C(O)c3ccc4c(c3)C[C@H](C)O4)C(=O)C(=O)N2CCN2CCOCC2)ccc1OCc1ccccc1. The van der Waals surface area contributed by atoms with Gasteiger partial charge in [-0.3, -0.25) is 14.5 Å². The number of methoxy groups -OCH3 is 1. The summed E-state index contributed by atoms with van der Waals surface area (Å²) in [6.07, 6.45) is 0.739. The van der Waals surface area contributed by atoms with Gasteiger partial charge in [0.05, 0.1) is 31.9 Å². The fraction of sp³-hybridized carbons (Fsp3) is 0.353. The molecule has 2 atom stereocenters. The van der Waals surface area contributed by atoms with E-state index in [1.54, 1.807) is 36.3 Å². The number of likely N-dealkylation sites (tertiary alicyclic amines) is 1. The van der Waals surface area contributed by atoms with E-state index in [4.69, 9.17) is 18.9 Å². The number of fused-ring (bicyclic) bond motifs is 1. The first-order chi connectivity index (χ1) is 20.9. The van der Waals surface area contributed by atoms with Gasteiger partial charge < -0.3 is 29.0 Å². The first-order valence-electron chi connectivity index (χ1n) is 14.7. The van der Waals surface area contributed by atoms with Crippen molar-refractivity contribution in [3.8, 4) is 17.2 Å². The Morgan fingerprint density at radius 3 is 2.53 bits per heavy atom. The number of aliphatic hydroxyl groups excluding tert-OH is 1. The third kappa shape index (κ3) is 5.96. The number of nitrogens with zero attached hydrogens (tertiary/aromatic N) is 2. The number of amides is 1. The van der Waals surface area contributed by atoms with Gasteiger partial charge in [0.25, 0.3) is 11.7 Å². The third-order valence-electron chi connectivity index (χ3n) is 8.21. The van der Waals surface area contributed by atoms with E-state index in [1.807, 2.05) is 49.4 Å². The zero-order chi connectivity index (χ0) is 29.9. The highest BCUT2D eigenvalue weighted by atomic mass is 16.5. The van der Waals surface area contributed by atoms with Gasteiger partial charge in [-0.1, -0.05) is 36.4 Å². The molecule has 3 heterocycles. The number of rotatable bonds is 9. The summed E-state index contributed by atoms with van der Waals surface area (Å²) in [7, 11) is 1.55. The van der Waals surface area contributed by atoms with Crippen LogP contribution in [0.15, 0.2) is 72.3 Å². The molecule has 0 unspecified atom stereocenters. The predicted molar refractivity (Wildman–Crippen MR) is 160 cm³/mol. The minimum atomic E-state index is -0.804. The molecule has 0 bridgehead atoms. The van der Waals surface area contributed by atoms with Crippen LogP contribution < -0.4 is 14.2 Å². The van der Waals surface area contributed by atoms with Gasteiger partial charge in [-0.15, -0.1) is 0 Å². The van der Waals surface area contributed by atoms with Crippen molar-refractivity contribution in [3.63, 3.8) is 0 Å². The number of carbonyl (C=O) groups is 2. The third-order valence-corrected chi connectivity index (χ3v) is 8.21. The maximum atomic E-state index is 13.6. The highest BCUT2D eigenvalue weighted by Crippen LogP contribution is 2.43. The number of ether oxygens (including phenoxy) is 4. The van der Waals surface area contributed by atoms with E-state index in [0.717, 1.165) is 30.0 Å². The Bertz CT molecular complexity index is 1530. The minimum Gasteiger partial charge on any atom is -0.507 e. The largest absolute Gasteiger partial charge is 0.507 e. The number of morpholine rings is 1. The van der Waals surface area contributed by atoms with Crippen LogP contribution in [0, 0.1) is 0 Å². The van der Waals surface area contributed by atoms with Gasteiger partial charge in [0, 0.05) is 38.2 Å². The molecule has 3 aliphatic rings. The highest BCUT2D eigenvalue weighted by Gasteiger charge is 2.46. The second kappa shape index (κ2) is 12.5. The number of Topliss-reactive ketones (excluding diaryl/α,β-unsaturated/α-hetero) is 1. The molecule has 1 amide bonds. The van der Waals surface area contributed by atoms with Gasteiger partial charge in [-0.2, -0.15) is 0 Å². The second-order valence-corrected chi connectivity index (χ2v) is 11.1. The zero-order valence-electron chi connectivity index (χ0n) is 24.5. The standard InChI is InChI=1S/C34H36N2O7/c1-22-18-26-19-25(9-10-27(26)43-22)32(37)30-31(36(34(39)33(30)38)13-12-35-14-16-41-17-15-35)24-8-11-28(29(20-24)40-2)42-21-23-6-4-3-5-7-23/h3-11,19-20,22,31,37H,12-18,21H2,1-2H3/t22-,31-/m0/s1. The monoisotopic (exact) mass is 584 g/mol. The number of ketones is 1. The fourth-order valence-electron chi connectivity index (χ4n) is 5.96. The molecule has 43 heavy (non-hydrogen) atoms. The average molecular weight is 585 g/mol. The number of benzene rings is 3. The van der Waals surface area contributed by atoms with Crippen LogP contribution in [-0.2, 0) is 27.4 Å². The van der Waals surface area contributed by atoms with Crippen LogP contribution in [0.4, 0.5) is 0 Å². The Morgan fingerprint density at radius 1 is 0.977 bits per heavy atom. The van der Waals surface area contributed by atoms with Crippen molar-refractivity contribution >= 4 is 17.4 Å². The van der Waals surface area contributed by atoms with Crippen LogP contribution in [-0.4, -0.2) is 79.2 Å². The molecule has 2 fully saturated rings. The molecule has 3 aliphatic heterocycles. The summed E-state index contributed by atoms with van der Waals surface area (Å²) in [6, 6.07) is 19.8. The molecule has 0 saturated carbocycles. The summed E-state index contributed by atoms with van der Waals surface area (Å²) >= 11 is 0. The fourth-order valence-corrected chi connectivity index (χ4v) is 5.96. The quantitative estimate of drug-likeness (QED) is 0.225. The van der Waals surface area contributed by atoms with E-state index in [9.17, 15) is 14.7 Å². The molecule has 1 N–H and O–H groups in total. The summed E-state index contributed by atoms with van der Waals surface area (Å²) in [5.41, 5.74) is 3.14. The first kappa shape index (κ1) is 28.8. The summed E-state index contributed by atoms with van der Waals surface area (Å²) in [5.74, 6) is 0.216. The average Bonchev–Trinajstić information content (AvgIpc) is 3.54. The van der Waals surface area contributed by atoms with Crippen molar-refractivity contribution in [3.05, 3.63) is 94.6 Å². The number of aliphatic hydroxyl groups is 1. The van der Waals surface area contributed by atoms with Crippen LogP contribution in [0.5, 0.6) is 17.2 Å². The van der Waals surface area contributed by atoms with Crippen LogP contribution in [0.2, 0.25) is 0 Å². The van der Waals surface area contributed by atoms with Gasteiger partial charge in [0.15, 0.2) is 11.5 Å². The summed E-state index contributed by atoms with van der Waals surface area (Å²) in [5, 5.41) is 11.6. The maximum absolute atomic E-state index is 13.6. The molecule has 9 heteroatoms. The van der Waals surface area contributed by atoms with Crippen molar-refractivity contribution in [1.82, 2.24) is 9.80 Å². The molecule has 9 nitrogen and oxygen atoms in total. The van der Waals surface area contributed by atoms with Crippen LogP contribution >= 0.6 is 0 Å². The van der Waals surface area contributed by atoms with Crippen molar-refractivity contribution in [2.75, 3.05) is 46.5 Å². The normalized spacial score (nSPS) is 21.5. The topological polar surface area (TPSA) is 97.8 Å². The number of hydrogen-bond donors (Lipinski definition) is 1. The Hall–Kier alpha value is -4.34. The van der Waals surface area contributed by atoms with Gasteiger partial charge in [0.2, 0.25) is 0 Å². The number of carbonyl (C=O) groups excluding carboxylic acids is 2. The molecule has 0 radical (unpaired) electrons. The molecule has 224 valence electrons. The molecule has 3 aromatic carbocycles. The zero-order valence-corrected chi connectivity index (χ0v) is 24.5. The summed E-state index contributed by atoms with van der Waals surface area (Å²) in [6.45, 7) is 6.01. The highest BCUT2D eigenvalue weighted by molar-refractivity contribution is 6.46. The summed E-state index contributed by atoms with van der Waals surface area (Å²) in [4.78, 5) is 30.9. The molecule has 3 aromatic rings. The van der Waals surface area contributed by atoms with Gasteiger partial charge in [-0.05, 0) is 53.9 Å². The van der Waals surface area contributed by atoms with Gasteiger partial charge in [-0.25, -0.2) is 0 Å². The molecule has 0 aromatic heterocycles. The van der Waals surface area contributed by atoms with Crippen molar-refractivity contribution < 1.29 is 33.6 Å². The Morgan fingerprint density at radius 2 is 1.77 bits per heavy atom. The van der Waals surface area contributed by atoms with E-state index in [-0.39, 0.29) is 17.4 Å². The maximum Gasteiger partial charge on any atom is 0.295 e.